The van der Waals surface area contributed by atoms with Crippen molar-refractivity contribution in [3.63, 3.8) is 0 Å². The first-order valence-corrected chi connectivity index (χ1v) is 9.38. The maximum atomic E-state index is 12.7. The summed E-state index contributed by atoms with van der Waals surface area (Å²) in [5.74, 6) is 0.404. The molecule has 1 saturated heterocycles. The third-order valence-electron chi connectivity index (χ3n) is 5.22. The molecule has 0 aromatic heterocycles. The van der Waals surface area contributed by atoms with Crippen molar-refractivity contribution in [2.45, 2.75) is 39.2 Å². The summed E-state index contributed by atoms with van der Waals surface area (Å²) in [5, 5.41) is 3.10. The van der Waals surface area contributed by atoms with E-state index in [4.69, 9.17) is 4.74 Å². The van der Waals surface area contributed by atoms with Crippen molar-refractivity contribution >= 4 is 17.5 Å². The molecular formula is C20H31N3O3. The van der Waals surface area contributed by atoms with Gasteiger partial charge in [-0.25, -0.2) is 0 Å². The fourth-order valence-corrected chi connectivity index (χ4v) is 3.24. The van der Waals surface area contributed by atoms with Gasteiger partial charge >= 0.3 is 0 Å². The second-order valence-corrected chi connectivity index (χ2v) is 6.91. The van der Waals surface area contributed by atoms with Crippen molar-refractivity contribution in [2.24, 2.45) is 0 Å². The maximum absolute atomic E-state index is 12.7. The average molecular weight is 361 g/mol. The molecule has 1 fully saturated rings. The second kappa shape index (κ2) is 9.69. The van der Waals surface area contributed by atoms with Crippen LogP contribution in [-0.2, 0) is 14.3 Å². The van der Waals surface area contributed by atoms with Gasteiger partial charge in [0.05, 0.1) is 6.04 Å². The Hall–Kier alpha value is -1.92. The van der Waals surface area contributed by atoms with Gasteiger partial charge in [0.2, 0.25) is 11.8 Å². The Balaban J connectivity index is 1.94. The lowest BCUT2D eigenvalue weighted by molar-refractivity contribution is -0.137. The molecule has 2 amide bonds. The molecule has 1 aromatic carbocycles. The second-order valence-electron chi connectivity index (χ2n) is 6.91. The largest absolute Gasteiger partial charge is 0.375 e. The normalized spacial score (nSPS) is 17.6. The molecule has 1 N–H and O–H groups in total. The summed E-state index contributed by atoms with van der Waals surface area (Å²) in [4.78, 5) is 28.5. The monoisotopic (exact) mass is 361 g/mol. The summed E-state index contributed by atoms with van der Waals surface area (Å²) < 4.78 is 4.91. The molecule has 0 radical (unpaired) electrons. The molecule has 2 rings (SSSR count). The zero-order valence-electron chi connectivity index (χ0n) is 16.3. The number of hydrogen-bond donors (Lipinski definition) is 1. The molecule has 1 heterocycles. The number of anilines is 1. The van der Waals surface area contributed by atoms with E-state index in [9.17, 15) is 9.59 Å². The van der Waals surface area contributed by atoms with Gasteiger partial charge in [0.25, 0.3) is 0 Å². The van der Waals surface area contributed by atoms with Crippen molar-refractivity contribution < 1.29 is 14.3 Å². The molecule has 6 heteroatoms. The third-order valence-corrected chi connectivity index (χ3v) is 5.22. The molecule has 1 aliphatic heterocycles. The van der Waals surface area contributed by atoms with E-state index < -0.39 is 0 Å². The van der Waals surface area contributed by atoms with E-state index in [2.05, 4.69) is 30.1 Å². The van der Waals surface area contributed by atoms with Gasteiger partial charge in [-0.3, -0.25) is 14.5 Å². The van der Waals surface area contributed by atoms with Crippen molar-refractivity contribution in [1.29, 1.82) is 0 Å². The first-order chi connectivity index (χ1) is 12.5. The van der Waals surface area contributed by atoms with Crippen LogP contribution in [0.1, 0.15) is 38.7 Å². The number of nitrogens with one attached hydrogen (secondary N) is 1. The van der Waals surface area contributed by atoms with Crippen molar-refractivity contribution in [1.82, 2.24) is 9.80 Å². The van der Waals surface area contributed by atoms with Crippen molar-refractivity contribution in [3.05, 3.63) is 29.8 Å². The fourth-order valence-electron chi connectivity index (χ4n) is 3.24. The lowest BCUT2D eigenvalue weighted by atomic mass is 9.97. The molecule has 2 unspecified atom stereocenters. The summed E-state index contributed by atoms with van der Waals surface area (Å²) in [5.41, 5.74) is 2.07. The van der Waals surface area contributed by atoms with E-state index in [1.54, 1.807) is 4.90 Å². The fraction of sp³-hybridized carbons (Fsp3) is 0.600. The third kappa shape index (κ3) is 5.05. The Morgan fingerprint density at radius 2 is 1.81 bits per heavy atom. The van der Waals surface area contributed by atoms with Crippen molar-refractivity contribution in [2.75, 3.05) is 45.2 Å². The summed E-state index contributed by atoms with van der Waals surface area (Å²) in [6.45, 7) is 9.00. The predicted octanol–water partition coefficient (Wildman–Crippen LogP) is 2.32. The molecule has 0 spiro atoms. The van der Waals surface area contributed by atoms with Crippen LogP contribution in [0.3, 0.4) is 0 Å². The minimum atomic E-state index is -0.236. The number of benzene rings is 1. The molecule has 1 aliphatic rings. The van der Waals surface area contributed by atoms with Gasteiger partial charge in [-0.1, -0.05) is 32.0 Å². The van der Waals surface area contributed by atoms with Crippen LogP contribution >= 0.6 is 0 Å². The Morgan fingerprint density at radius 3 is 2.42 bits per heavy atom. The van der Waals surface area contributed by atoms with Gasteiger partial charge in [-0.15, -0.1) is 0 Å². The number of hydrogen-bond acceptors (Lipinski definition) is 4. The van der Waals surface area contributed by atoms with E-state index in [1.807, 2.05) is 25.1 Å². The summed E-state index contributed by atoms with van der Waals surface area (Å²) >= 11 is 0. The SMILES string of the molecule is CCC(C)c1ccccc1NC(=O)C(C)N1CCN(C(=O)COC)CC1. The highest BCUT2D eigenvalue weighted by Gasteiger charge is 2.27. The van der Waals surface area contributed by atoms with Gasteiger partial charge in [0.15, 0.2) is 0 Å². The molecule has 0 aliphatic carbocycles. The molecular weight excluding hydrogens is 330 g/mol. The van der Waals surface area contributed by atoms with E-state index in [1.165, 1.54) is 12.7 Å². The maximum Gasteiger partial charge on any atom is 0.248 e. The van der Waals surface area contributed by atoms with Gasteiger partial charge in [0, 0.05) is 39.0 Å². The number of ether oxygens (including phenoxy) is 1. The van der Waals surface area contributed by atoms with E-state index >= 15 is 0 Å². The minimum Gasteiger partial charge on any atom is -0.375 e. The van der Waals surface area contributed by atoms with Crippen LogP contribution in [0.2, 0.25) is 0 Å². The Kier molecular flexibility index (Phi) is 7.60. The molecule has 0 bridgehead atoms. The number of amides is 2. The minimum absolute atomic E-state index is 0.00239. The number of carbonyl (C=O) groups is 2. The Bertz CT molecular complexity index is 612. The average Bonchev–Trinajstić information content (AvgIpc) is 2.67. The highest BCUT2D eigenvalue weighted by atomic mass is 16.5. The van der Waals surface area contributed by atoms with Crippen LogP contribution in [0.15, 0.2) is 24.3 Å². The molecule has 26 heavy (non-hydrogen) atoms. The van der Waals surface area contributed by atoms with Gasteiger partial charge < -0.3 is 15.0 Å². The summed E-state index contributed by atoms with van der Waals surface area (Å²) in [6, 6.07) is 7.77. The van der Waals surface area contributed by atoms with Crippen LogP contribution in [0.4, 0.5) is 5.69 Å². The van der Waals surface area contributed by atoms with Crippen LogP contribution in [0, 0.1) is 0 Å². The number of para-hydroxylation sites is 1. The molecule has 1 aromatic rings. The van der Waals surface area contributed by atoms with Crippen LogP contribution in [-0.4, -0.2) is 67.6 Å². The topological polar surface area (TPSA) is 61.9 Å². The summed E-state index contributed by atoms with van der Waals surface area (Å²) in [6.07, 6.45) is 1.03. The van der Waals surface area contributed by atoms with E-state index in [0.29, 0.717) is 32.1 Å². The van der Waals surface area contributed by atoms with Gasteiger partial charge in [-0.2, -0.15) is 0 Å². The first-order valence-electron chi connectivity index (χ1n) is 9.38. The van der Waals surface area contributed by atoms with Crippen molar-refractivity contribution in [3.8, 4) is 0 Å². The number of nitrogens with zero attached hydrogens (tertiary/aromatic N) is 2. The Morgan fingerprint density at radius 1 is 1.15 bits per heavy atom. The van der Waals surface area contributed by atoms with Gasteiger partial charge in [-0.05, 0) is 30.9 Å². The number of piperazine rings is 1. The molecule has 6 nitrogen and oxygen atoms in total. The van der Waals surface area contributed by atoms with E-state index in [0.717, 1.165) is 12.1 Å². The number of rotatable bonds is 7. The molecule has 0 saturated carbocycles. The van der Waals surface area contributed by atoms with Crippen LogP contribution in [0.25, 0.3) is 0 Å². The van der Waals surface area contributed by atoms with E-state index in [-0.39, 0.29) is 24.5 Å². The number of methoxy groups -OCH3 is 1. The summed E-state index contributed by atoms with van der Waals surface area (Å²) in [7, 11) is 1.53. The lowest BCUT2D eigenvalue weighted by Gasteiger charge is -2.37. The van der Waals surface area contributed by atoms with Crippen LogP contribution in [0.5, 0.6) is 0 Å². The lowest BCUT2D eigenvalue weighted by Crippen LogP contribution is -2.54. The Labute approximate surface area is 156 Å². The highest BCUT2D eigenvalue weighted by Crippen LogP contribution is 2.26. The zero-order valence-corrected chi connectivity index (χ0v) is 16.3. The highest BCUT2D eigenvalue weighted by molar-refractivity contribution is 5.95. The van der Waals surface area contributed by atoms with Gasteiger partial charge in [0.1, 0.15) is 6.61 Å². The first kappa shape index (κ1) is 20.4. The quantitative estimate of drug-likeness (QED) is 0.810. The zero-order chi connectivity index (χ0) is 19.1. The number of carbonyl (C=O) groups excluding carboxylic acids is 2. The standard InChI is InChI=1S/C20H31N3O3/c1-5-15(2)17-8-6-7-9-18(17)21-20(25)16(3)22-10-12-23(13-11-22)19(24)14-26-4/h6-9,15-16H,5,10-14H2,1-4H3,(H,21,25). The predicted molar refractivity (Wildman–Crippen MR) is 103 cm³/mol. The van der Waals surface area contributed by atoms with Crippen LogP contribution < -0.4 is 5.32 Å². The molecule has 144 valence electrons. The molecule has 2 atom stereocenters. The smallest absolute Gasteiger partial charge is 0.248 e.